The summed E-state index contributed by atoms with van der Waals surface area (Å²) in [6.07, 6.45) is 3.25. The molecule has 2 atom stereocenters. The van der Waals surface area contributed by atoms with Crippen LogP contribution in [-0.4, -0.2) is 27.0 Å². The number of carbonyl (C=O) groups is 1. The molecule has 0 fully saturated rings. The standard InChI is InChI=1S/C17H24N4O2/c1-12(2)21-11-15(10-18-21)20-17(23)19-13(3)9-16(22)14-7-5-4-6-8-14/h4-8,10-13,16,22H,9H2,1-3H3,(H2,19,20,23)/t13-,16-/m1/s1. The summed E-state index contributed by atoms with van der Waals surface area (Å²) in [6, 6.07) is 9.20. The van der Waals surface area contributed by atoms with E-state index in [2.05, 4.69) is 15.7 Å². The van der Waals surface area contributed by atoms with E-state index in [1.165, 1.54) is 0 Å². The number of hydrogen-bond acceptors (Lipinski definition) is 3. The van der Waals surface area contributed by atoms with Crippen molar-refractivity contribution in [3.8, 4) is 0 Å². The Balaban J connectivity index is 1.82. The number of benzene rings is 1. The molecule has 0 saturated heterocycles. The second-order valence-corrected chi connectivity index (χ2v) is 5.96. The molecular weight excluding hydrogens is 292 g/mol. The zero-order chi connectivity index (χ0) is 16.8. The lowest BCUT2D eigenvalue weighted by Crippen LogP contribution is -2.36. The Labute approximate surface area is 136 Å². The highest BCUT2D eigenvalue weighted by Gasteiger charge is 2.14. The van der Waals surface area contributed by atoms with Crippen LogP contribution in [0.1, 0.15) is 44.9 Å². The van der Waals surface area contributed by atoms with Gasteiger partial charge in [-0.1, -0.05) is 30.3 Å². The van der Waals surface area contributed by atoms with Crippen LogP contribution in [0.4, 0.5) is 10.5 Å². The topological polar surface area (TPSA) is 79.2 Å². The number of aromatic nitrogens is 2. The number of urea groups is 1. The van der Waals surface area contributed by atoms with E-state index in [0.717, 1.165) is 5.56 Å². The number of nitrogens with zero attached hydrogens (tertiary/aromatic N) is 2. The lowest BCUT2D eigenvalue weighted by atomic mass is 10.0. The number of anilines is 1. The Morgan fingerprint density at radius 3 is 2.57 bits per heavy atom. The predicted octanol–water partition coefficient (Wildman–Crippen LogP) is 3.10. The van der Waals surface area contributed by atoms with Gasteiger partial charge in [-0.05, 0) is 32.8 Å². The van der Waals surface area contributed by atoms with Gasteiger partial charge in [0.25, 0.3) is 0 Å². The molecule has 0 radical (unpaired) electrons. The minimum absolute atomic E-state index is 0.162. The Kier molecular flexibility index (Phi) is 5.76. The van der Waals surface area contributed by atoms with Crippen molar-refractivity contribution < 1.29 is 9.90 Å². The maximum atomic E-state index is 12.0. The Hall–Kier alpha value is -2.34. The van der Waals surface area contributed by atoms with Gasteiger partial charge in [0.2, 0.25) is 0 Å². The first kappa shape index (κ1) is 17.0. The Morgan fingerprint density at radius 1 is 1.26 bits per heavy atom. The fourth-order valence-corrected chi connectivity index (χ4v) is 2.28. The van der Waals surface area contributed by atoms with Crippen molar-refractivity contribution in [3.05, 3.63) is 48.3 Å². The predicted molar refractivity (Wildman–Crippen MR) is 90.2 cm³/mol. The summed E-state index contributed by atoms with van der Waals surface area (Å²) < 4.78 is 1.78. The SMILES string of the molecule is CC(C)n1cc(NC(=O)N[C@H](C)C[C@@H](O)c2ccccc2)cn1. The Morgan fingerprint density at radius 2 is 1.96 bits per heavy atom. The summed E-state index contributed by atoms with van der Waals surface area (Å²) in [5.74, 6) is 0. The second kappa shape index (κ2) is 7.78. The molecule has 0 bridgehead atoms. The molecule has 23 heavy (non-hydrogen) atoms. The quantitative estimate of drug-likeness (QED) is 0.766. The van der Waals surface area contributed by atoms with Gasteiger partial charge in [0, 0.05) is 18.3 Å². The average Bonchev–Trinajstić information content (AvgIpc) is 2.96. The molecule has 6 nitrogen and oxygen atoms in total. The van der Waals surface area contributed by atoms with E-state index in [1.54, 1.807) is 17.1 Å². The minimum atomic E-state index is -0.602. The number of carbonyl (C=O) groups excluding carboxylic acids is 1. The van der Waals surface area contributed by atoms with Crippen molar-refractivity contribution in [1.82, 2.24) is 15.1 Å². The van der Waals surface area contributed by atoms with Gasteiger partial charge >= 0.3 is 6.03 Å². The highest BCUT2D eigenvalue weighted by atomic mass is 16.3. The number of aliphatic hydroxyl groups is 1. The molecule has 1 aromatic carbocycles. The summed E-state index contributed by atoms with van der Waals surface area (Å²) >= 11 is 0. The first-order chi connectivity index (χ1) is 11.0. The molecule has 0 saturated carbocycles. The number of amides is 2. The van der Waals surface area contributed by atoms with E-state index in [4.69, 9.17) is 0 Å². The van der Waals surface area contributed by atoms with E-state index in [-0.39, 0.29) is 18.1 Å². The maximum Gasteiger partial charge on any atom is 0.319 e. The van der Waals surface area contributed by atoms with Crippen LogP contribution in [0.25, 0.3) is 0 Å². The summed E-state index contributed by atoms with van der Waals surface area (Å²) in [4.78, 5) is 12.0. The van der Waals surface area contributed by atoms with Crippen LogP contribution in [0.3, 0.4) is 0 Å². The van der Waals surface area contributed by atoms with E-state index in [1.807, 2.05) is 51.1 Å². The molecule has 124 valence electrons. The third-order valence-corrected chi connectivity index (χ3v) is 3.53. The molecule has 0 aliphatic carbocycles. The molecule has 2 amide bonds. The molecule has 3 N–H and O–H groups in total. The summed E-state index contributed by atoms with van der Waals surface area (Å²) in [5.41, 5.74) is 1.49. The molecule has 6 heteroatoms. The van der Waals surface area contributed by atoms with Gasteiger partial charge in [-0.15, -0.1) is 0 Å². The summed E-state index contributed by atoms with van der Waals surface area (Å²) in [5, 5.41) is 19.9. The minimum Gasteiger partial charge on any atom is -0.388 e. The molecule has 1 heterocycles. The third-order valence-electron chi connectivity index (χ3n) is 3.53. The molecule has 0 aliphatic rings. The molecule has 0 aliphatic heterocycles. The lowest BCUT2D eigenvalue weighted by molar-refractivity contribution is 0.155. The smallest absolute Gasteiger partial charge is 0.319 e. The summed E-state index contributed by atoms with van der Waals surface area (Å²) in [7, 11) is 0. The second-order valence-electron chi connectivity index (χ2n) is 5.96. The van der Waals surface area contributed by atoms with Gasteiger partial charge in [-0.25, -0.2) is 4.79 Å². The van der Waals surface area contributed by atoms with Gasteiger partial charge in [-0.2, -0.15) is 5.10 Å². The largest absolute Gasteiger partial charge is 0.388 e. The van der Waals surface area contributed by atoms with Gasteiger partial charge in [0.15, 0.2) is 0 Å². The number of hydrogen-bond donors (Lipinski definition) is 3. The van der Waals surface area contributed by atoms with E-state index in [0.29, 0.717) is 12.1 Å². The van der Waals surface area contributed by atoms with Gasteiger partial charge in [0.1, 0.15) is 0 Å². The van der Waals surface area contributed by atoms with E-state index < -0.39 is 6.10 Å². The molecular formula is C17H24N4O2. The highest BCUT2D eigenvalue weighted by Crippen LogP contribution is 2.17. The molecule has 0 spiro atoms. The average molecular weight is 316 g/mol. The lowest BCUT2D eigenvalue weighted by Gasteiger charge is -2.18. The fraction of sp³-hybridized carbons (Fsp3) is 0.412. The molecule has 2 rings (SSSR count). The van der Waals surface area contributed by atoms with E-state index in [9.17, 15) is 9.90 Å². The first-order valence-electron chi connectivity index (χ1n) is 7.80. The maximum absolute atomic E-state index is 12.0. The van der Waals surface area contributed by atoms with Gasteiger partial charge in [0.05, 0.1) is 18.0 Å². The van der Waals surface area contributed by atoms with Crippen LogP contribution in [0.5, 0.6) is 0 Å². The molecule has 2 aromatic rings. The summed E-state index contributed by atoms with van der Waals surface area (Å²) in [6.45, 7) is 5.90. The van der Waals surface area contributed by atoms with Crippen LogP contribution < -0.4 is 10.6 Å². The molecule has 0 unspecified atom stereocenters. The van der Waals surface area contributed by atoms with Crippen molar-refractivity contribution in [2.75, 3.05) is 5.32 Å². The van der Waals surface area contributed by atoms with Crippen molar-refractivity contribution >= 4 is 11.7 Å². The molecule has 1 aromatic heterocycles. The van der Waals surface area contributed by atoms with Crippen LogP contribution in [-0.2, 0) is 0 Å². The van der Waals surface area contributed by atoms with Crippen LogP contribution in [0.15, 0.2) is 42.7 Å². The van der Waals surface area contributed by atoms with Crippen molar-refractivity contribution in [2.45, 2.75) is 45.4 Å². The van der Waals surface area contributed by atoms with Crippen molar-refractivity contribution in [3.63, 3.8) is 0 Å². The number of nitrogens with one attached hydrogen (secondary N) is 2. The first-order valence-corrected chi connectivity index (χ1v) is 7.80. The van der Waals surface area contributed by atoms with Crippen LogP contribution in [0.2, 0.25) is 0 Å². The number of rotatable bonds is 6. The van der Waals surface area contributed by atoms with Crippen molar-refractivity contribution in [2.24, 2.45) is 0 Å². The zero-order valence-electron chi connectivity index (χ0n) is 13.7. The van der Waals surface area contributed by atoms with Crippen LogP contribution in [0, 0.1) is 0 Å². The van der Waals surface area contributed by atoms with Gasteiger partial charge in [-0.3, -0.25) is 4.68 Å². The fourth-order valence-electron chi connectivity index (χ4n) is 2.28. The number of aliphatic hydroxyl groups excluding tert-OH is 1. The normalized spacial score (nSPS) is 13.6. The third kappa shape index (κ3) is 5.10. The monoisotopic (exact) mass is 316 g/mol. The van der Waals surface area contributed by atoms with Crippen molar-refractivity contribution in [1.29, 1.82) is 0 Å². The zero-order valence-corrected chi connectivity index (χ0v) is 13.7. The van der Waals surface area contributed by atoms with E-state index >= 15 is 0 Å². The van der Waals surface area contributed by atoms with Gasteiger partial charge < -0.3 is 15.7 Å². The van der Waals surface area contributed by atoms with Crippen LogP contribution >= 0.6 is 0 Å². The highest BCUT2D eigenvalue weighted by molar-refractivity contribution is 5.89. The Bertz CT molecular complexity index is 625.